The lowest BCUT2D eigenvalue weighted by molar-refractivity contribution is 0.112. The zero-order chi connectivity index (χ0) is 19.9. The number of piperidine rings is 1. The van der Waals surface area contributed by atoms with Crippen molar-refractivity contribution in [1.29, 1.82) is 0 Å². The molecule has 0 radical (unpaired) electrons. The van der Waals surface area contributed by atoms with Gasteiger partial charge in [-0.15, -0.1) is 0 Å². The Kier molecular flexibility index (Phi) is 6.87. The van der Waals surface area contributed by atoms with E-state index < -0.39 is 6.09 Å². The van der Waals surface area contributed by atoms with E-state index in [1.54, 1.807) is 26.6 Å². The number of benzene rings is 1. The summed E-state index contributed by atoms with van der Waals surface area (Å²) in [5, 5.41) is 9.49. The van der Waals surface area contributed by atoms with Crippen molar-refractivity contribution in [2.75, 3.05) is 33.8 Å². The number of nitrogens with zero attached hydrogens (tertiary/aromatic N) is 3. The van der Waals surface area contributed by atoms with Crippen molar-refractivity contribution in [2.45, 2.75) is 31.2 Å². The fraction of sp³-hybridized carbons (Fsp3) is 0.455. The monoisotopic (exact) mass is 383 g/mol. The van der Waals surface area contributed by atoms with Crippen LogP contribution in [0, 0.1) is 0 Å². The molecular formula is C22H29N3O3. The van der Waals surface area contributed by atoms with Crippen LogP contribution in [0.4, 0.5) is 4.79 Å². The highest BCUT2D eigenvalue weighted by atomic mass is 16.5. The molecule has 28 heavy (non-hydrogen) atoms. The zero-order valence-electron chi connectivity index (χ0n) is 16.6. The van der Waals surface area contributed by atoms with Crippen LogP contribution in [0.3, 0.4) is 0 Å². The quantitative estimate of drug-likeness (QED) is 0.793. The van der Waals surface area contributed by atoms with Crippen LogP contribution in [0.25, 0.3) is 0 Å². The fourth-order valence-electron chi connectivity index (χ4n) is 4.00. The first-order chi connectivity index (χ1) is 13.6. The number of pyridine rings is 1. The summed E-state index contributed by atoms with van der Waals surface area (Å²) in [4.78, 5) is 19.4. The van der Waals surface area contributed by atoms with Gasteiger partial charge >= 0.3 is 6.09 Å². The Balaban J connectivity index is 1.62. The minimum atomic E-state index is -0.886. The molecule has 1 atom stereocenters. The number of rotatable bonds is 7. The highest BCUT2D eigenvalue weighted by Crippen LogP contribution is 2.34. The molecule has 1 N–H and O–H groups in total. The predicted octanol–water partition coefficient (Wildman–Crippen LogP) is 3.49. The molecule has 1 fully saturated rings. The molecule has 1 saturated heterocycles. The van der Waals surface area contributed by atoms with E-state index in [4.69, 9.17) is 4.74 Å². The van der Waals surface area contributed by atoms with Gasteiger partial charge in [-0.05, 0) is 67.6 Å². The molecule has 1 aliphatic heterocycles. The molecule has 0 spiro atoms. The molecular weight excluding hydrogens is 354 g/mol. The van der Waals surface area contributed by atoms with Gasteiger partial charge in [0.1, 0.15) is 5.75 Å². The summed E-state index contributed by atoms with van der Waals surface area (Å²) in [6, 6.07) is 12.1. The van der Waals surface area contributed by atoms with Gasteiger partial charge in [0, 0.05) is 26.0 Å². The third-order valence-corrected chi connectivity index (χ3v) is 5.71. The standard InChI is InChI=1S/C22H29N3O3/c1-24(22(26)27)19(15-17-7-11-23-12-8-17)16-25-13-9-18(10-14-25)20-5-3-4-6-21(20)28-2/h3-8,11-12,18-19H,9-10,13-16H2,1-2H3,(H,26,27)/t19-/m1/s1. The second-order valence-corrected chi connectivity index (χ2v) is 7.42. The van der Waals surface area contributed by atoms with Crippen molar-refractivity contribution >= 4 is 6.09 Å². The van der Waals surface area contributed by atoms with Gasteiger partial charge in [0.15, 0.2) is 0 Å². The number of hydrogen-bond donors (Lipinski definition) is 1. The largest absolute Gasteiger partial charge is 0.496 e. The number of ether oxygens (including phenoxy) is 1. The molecule has 1 aromatic carbocycles. The van der Waals surface area contributed by atoms with Gasteiger partial charge in [0.05, 0.1) is 13.2 Å². The SMILES string of the molecule is COc1ccccc1C1CCN(C[C@@H](Cc2ccncc2)N(C)C(=O)O)CC1. The third-order valence-electron chi connectivity index (χ3n) is 5.71. The van der Waals surface area contributed by atoms with Crippen molar-refractivity contribution in [3.63, 3.8) is 0 Å². The molecule has 3 rings (SSSR count). The maximum absolute atomic E-state index is 11.6. The van der Waals surface area contributed by atoms with Gasteiger partial charge in [0.25, 0.3) is 0 Å². The van der Waals surface area contributed by atoms with Crippen LogP contribution >= 0.6 is 0 Å². The van der Waals surface area contributed by atoms with Crippen LogP contribution in [0.1, 0.15) is 29.9 Å². The summed E-state index contributed by atoms with van der Waals surface area (Å²) in [5.74, 6) is 1.45. The summed E-state index contributed by atoms with van der Waals surface area (Å²) in [6.07, 6.45) is 5.43. The van der Waals surface area contributed by atoms with E-state index in [1.165, 1.54) is 10.5 Å². The molecule has 0 bridgehead atoms. The lowest BCUT2D eigenvalue weighted by atomic mass is 9.88. The lowest BCUT2D eigenvalue weighted by Gasteiger charge is -2.37. The van der Waals surface area contributed by atoms with Crippen LogP contribution in [0.15, 0.2) is 48.8 Å². The third kappa shape index (κ3) is 5.01. The van der Waals surface area contributed by atoms with Crippen molar-refractivity contribution in [3.05, 3.63) is 59.9 Å². The van der Waals surface area contributed by atoms with Crippen molar-refractivity contribution in [3.8, 4) is 5.75 Å². The number of amides is 1. The number of methoxy groups -OCH3 is 1. The maximum atomic E-state index is 11.6. The Morgan fingerprint density at radius 2 is 1.93 bits per heavy atom. The number of hydrogen-bond acceptors (Lipinski definition) is 4. The number of carboxylic acid groups (broad SMARTS) is 1. The number of aromatic nitrogens is 1. The van der Waals surface area contributed by atoms with Gasteiger partial charge in [-0.2, -0.15) is 0 Å². The van der Waals surface area contributed by atoms with E-state index in [0.29, 0.717) is 12.3 Å². The number of likely N-dealkylation sites (tertiary alicyclic amines) is 1. The Hall–Kier alpha value is -2.60. The van der Waals surface area contributed by atoms with Gasteiger partial charge in [-0.1, -0.05) is 18.2 Å². The van der Waals surface area contributed by atoms with Gasteiger partial charge in [-0.3, -0.25) is 4.98 Å². The molecule has 6 nitrogen and oxygen atoms in total. The Morgan fingerprint density at radius 1 is 1.25 bits per heavy atom. The van der Waals surface area contributed by atoms with Crippen LogP contribution in [0.2, 0.25) is 0 Å². The molecule has 0 saturated carbocycles. The molecule has 1 amide bonds. The number of likely N-dealkylation sites (N-methyl/N-ethyl adjacent to an activating group) is 1. The highest BCUT2D eigenvalue weighted by Gasteiger charge is 2.27. The van der Waals surface area contributed by atoms with Crippen LogP contribution in [-0.4, -0.2) is 65.8 Å². The molecule has 0 unspecified atom stereocenters. The lowest BCUT2D eigenvalue weighted by Crippen LogP contribution is -2.47. The van der Waals surface area contributed by atoms with E-state index in [2.05, 4.69) is 22.0 Å². The van der Waals surface area contributed by atoms with Crippen LogP contribution in [-0.2, 0) is 6.42 Å². The Labute approximate surface area is 166 Å². The van der Waals surface area contributed by atoms with E-state index >= 15 is 0 Å². The second-order valence-electron chi connectivity index (χ2n) is 7.42. The molecule has 6 heteroatoms. The van der Waals surface area contributed by atoms with Crippen LogP contribution < -0.4 is 4.74 Å². The Morgan fingerprint density at radius 3 is 2.57 bits per heavy atom. The highest BCUT2D eigenvalue weighted by molar-refractivity contribution is 5.65. The summed E-state index contributed by atoms with van der Waals surface area (Å²) in [5.41, 5.74) is 2.39. The van der Waals surface area contributed by atoms with Gasteiger partial charge < -0.3 is 19.6 Å². The van der Waals surface area contributed by atoms with E-state index in [0.717, 1.165) is 43.8 Å². The first-order valence-electron chi connectivity index (χ1n) is 9.78. The summed E-state index contributed by atoms with van der Waals surface area (Å²) >= 11 is 0. The van der Waals surface area contributed by atoms with Gasteiger partial charge in [0.2, 0.25) is 0 Å². The van der Waals surface area contributed by atoms with E-state index in [-0.39, 0.29) is 6.04 Å². The number of para-hydroxylation sites is 1. The molecule has 2 aromatic rings. The van der Waals surface area contributed by atoms with Crippen molar-refractivity contribution in [1.82, 2.24) is 14.8 Å². The van der Waals surface area contributed by atoms with Crippen molar-refractivity contribution < 1.29 is 14.6 Å². The summed E-state index contributed by atoms with van der Waals surface area (Å²) < 4.78 is 5.52. The fourth-order valence-corrected chi connectivity index (χ4v) is 4.00. The maximum Gasteiger partial charge on any atom is 0.407 e. The topological polar surface area (TPSA) is 65.9 Å². The minimum absolute atomic E-state index is 0.0808. The Bertz CT molecular complexity index is 761. The normalized spacial score (nSPS) is 16.5. The molecule has 150 valence electrons. The summed E-state index contributed by atoms with van der Waals surface area (Å²) in [6.45, 7) is 2.66. The van der Waals surface area contributed by atoms with Gasteiger partial charge in [-0.25, -0.2) is 4.79 Å². The minimum Gasteiger partial charge on any atom is -0.496 e. The van der Waals surface area contributed by atoms with Crippen molar-refractivity contribution in [2.24, 2.45) is 0 Å². The molecule has 0 aliphatic carbocycles. The molecule has 1 aromatic heterocycles. The predicted molar refractivity (Wildman–Crippen MR) is 109 cm³/mol. The smallest absolute Gasteiger partial charge is 0.407 e. The van der Waals surface area contributed by atoms with E-state index in [9.17, 15) is 9.90 Å². The first-order valence-corrected chi connectivity index (χ1v) is 9.78. The number of carbonyl (C=O) groups is 1. The second kappa shape index (κ2) is 9.55. The summed E-state index contributed by atoms with van der Waals surface area (Å²) in [7, 11) is 3.38. The van der Waals surface area contributed by atoms with Crippen LogP contribution in [0.5, 0.6) is 5.75 Å². The average Bonchev–Trinajstić information content (AvgIpc) is 2.74. The van der Waals surface area contributed by atoms with E-state index in [1.807, 2.05) is 24.3 Å². The molecule has 1 aliphatic rings. The zero-order valence-corrected chi connectivity index (χ0v) is 16.6. The first kappa shape index (κ1) is 20.1. The average molecular weight is 383 g/mol. The molecule has 2 heterocycles.